The van der Waals surface area contributed by atoms with Gasteiger partial charge in [-0.1, -0.05) is 6.92 Å². The molecule has 0 spiro atoms. The Hall–Kier alpha value is -1.96. The second kappa shape index (κ2) is 6.66. The van der Waals surface area contributed by atoms with Gasteiger partial charge in [0.25, 0.3) is 0 Å². The van der Waals surface area contributed by atoms with Crippen molar-refractivity contribution in [1.29, 1.82) is 0 Å². The molecule has 8 heteroatoms. The van der Waals surface area contributed by atoms with Gasteiger partial charge in [0.2, 0.25) is 11.1 Å². The number of anilines is 1. The normalized spacial score (nSPS) is 10.7. The SMILES string of the molecule is CCCOc1nc(N)nc(Sc2nc(C)c(C)c(C)n2)n1. The van der Waals surface area contributed by atoms with Crippen molar-refractivity contribution in [1.82, 2.24) is 24.9 Å². The zero-order chi connectivity index (χ0) is 15.4. The number of aryl methyl sites for hydroxylation is 2. The van der Waals surface area contributed by atoms with Crippen LogP contribution < -0.4 is 10.5 Å². The van der Waals surface area contributed by atoms with E-state index in [1.165, 1.54) is 11.8 Å². The van der Waals surface area contributed by atoms with Gasteiger partial charge in [-0.15, -0.1) is 0 Å². The maximum absolute atomic E-state index is 5.67. The Balaban J connectivity index is 2.24. The van der Waals surface area contributed by atoms with Crippen LogP contribution in [0.2, 0.25) is 0 Å². The molecule has 0 atom stereocenters. The summed E-state index contributed by atoms with van der Waals surface area (Å²) in [6, 6.07) is 0.229. The van der Waals surface area contributed by atoms with Crippen molar-refractivity contribution in [3.63, 3.8) is 0 Å². The van der Waals surface area contributed by atoms with Crippen molar-refractivity contribution in [3.05, 3.63) is 17.0 Å². The minimum Gasteiger partial charge on any atom is -0.463 e. The van der Waals surface area contributed by atoms with E-state index in [1.54, 1.807) is 0 Å². The third kappa shape index (κ3) is 4.01. The third-order valence-electron chi connectivity index (χ3n) is 2.84. The van der Waals surface area contributed by atoms with E-state index < -0.39 is 0 Å². The molecule has 0 aromatic carbocycles. The summed E-state index contributed by atoms with van der Waals surface area (Å²) in [6.45, 7) is 8.44. The number of rotatable bonds is 5. The van der Waals surface area contributed by atoms with E-state index in [2.05, 4.69) is 24.9 Å². The van der Waals surface area contributed by atoms with Crippen molar-refractivity contribution in [3.8, 4) is 6.01 Å². The maximum Gasteiger partial charge on any atom is 0.322 e. The van der Waals surface area contributed by atoms with Gasteiger partial charge in [-0.3, -0.25) is 0 Å². The number of hydrogen-bond acceptors (Lipinski definition) is 8. The van der Waals surface area contributed by atoms with Crippen molar-refractivity contribution >= 4 is 17.7 Å². The molecule has 0 aliphatic rings. The molecule has 0 amide bonds. The van der Waals surface area contributed by atoms with Crippen LogP contribution >= 0.6 is 11.8 Å². The Labute approximate surface area is 127 Å². The summed E-state index contributed by atoms with van der Waals surface area (Å²) in [4.78, 5) is 21.1. The molecule has 2 rings (SSSR count). The van der Waals surface area contributed by atoms with Crippen LogP contribution in [0.4, 0.5) is 5.95 Å². The fourth-order valence-corrected chi connectivity index (χ4v) is 2.32. The molecule has 0 saturated carbocycles. The molecule has 0 unspecified atom stereocenters. The summed E-state index contributed by atoms with van der Waals surface area (Å²) < 4.78 is 5.38. The molecular weight excluding hydrogens is 288 g/mol. The van der Waals surface area contributed by atoms with Gasteiger partial charge in [-0.25, -0.2) is 9.97 Å². The average molecular weight is 306 g/mol. The highest BCUT2D eigenvalue weighted by Gasteiger charge is 2.11. The Morgan fingerprint density at radius 2 is 1.57 bits per heavy atom. The Bertz CT molecular complexity index is 626. The second-order valence-electron chi connectivity index (χ2n) is 4.51. The number of nitrogens with two attached hydrogens (primary N) is 1. The molecule has 7 nitrogen and oxygen atoms in total. The maximum atomic E-state index is 5.67. The number of aromatic nitrogens is 5. The third-order valence-corrected chi connectivity index (χ3v) is 3.57. The lowest BCUT2D eigenvalue weighted by atomic mass is 10.2. The minimum absolute atomic E-state index is 0.124. The quantitative estimate of drug-likeness (QED) is 0.838. The largest absolute Gasteiger partial charge is 0.463 e. The van der Waals surface area contributed by atoms with Gasteiger partial charge >= 0.3 is 6.01 Å². The highest BCUT2D eigenvalue weighted by molar-refractivity contribution is 7.99. The van der Waals surface area contributed by atoms with Gasteiger partial charge in [0, 0.05) is 11.4 Å². The lowest BCUT2D eigenvalue weighted by Gasteiger charge is -2.07. The molecule has 2 N–H and O–H groups in total. The van der Waals surface area contributed by atoms with Crippen LogP contribution in [0.15, 0.2) is 10.3 Å². The first-order chi connectivity index (χ1) is 9.99. The van der Waals surface area contributed by atoms with Crippen molar-refractivity contribution < 1.29 is 4.74 Å². The van der Waals surface area contributed by atoms with Crippen LogP contribution in [0.5, 0.6) is 6.01 Å². The van der Waals surface area contributed by atoms with E-state index in [0.717, 1.165) is 23.4 Å². The zero-order valence-corrected chi connectivity index (χ0v) is 13.4. The lowest BCUT2D eigenvalue weighted by molar-refractivity contribution is 0.288. The Morgan fingerprint density at radius 1 is 0.952 bits per heavy atom. The van der Waals surface area contributed by atoms with E-state index in [0.29, 0.717) is 16.9 Å². The van der Waals surface area contributed by atoms with Crippen LogP contribution in [0, 0.1) is 20.8 Å². The fourth-order valence-electron chi connectivity index (χ4n) is 1.53. The summed E-state index contributed by atoms with van der Waals surface area (Å²) in [5.74, 6) is 0.124. The van der Waals surface area contributed by atoms with Gasteiger partial charge in [-0.2, -0.15) is 15.0 Å². The van der Waals surface area contributed by atoms with E-state index in [9.17, 15) is 0 Å². The monoisotopic (exact) mass is 306 g/mol. The van der Waals surface area contributed by atoms with Gasteiger partial charge in [-0.05, 0) is 44.5 Å². The van der Waals surface area contributed by atoms with Crippen LogP contribution in [-0.2, 0) is 0 Å². The fraction of sp³-hybridized carbons (Fsp3) is 0.462. The van der Waals surface area contributed by atoms with E-state index in [-0.39, 0.29) is 12.0 Å². The number of ether oxygens (including phenoxy) is 1. The first-order valence-corrected chi connectivity index (χ1v) is 7.45. The Morgan fingerprint density at radius 3 is 2.19 bits per heavy atom. The predicted molar refractivity (Wildman–Crippen MR) is 80.4 cm³/mol. The molecule has 0 aliphatic carbocycles. The number of nitrogen functional groups attached to an aromatic ring is 1. The molecule has 0 bridgehead atoms. The van der Waals surface area contributed by atoms with Crippen molar-refractivity contribution in [2.45, 2.75) is 44.4 Å². The molecule has 112 valence electrons. The molecular formula is C13H18N6OS. The molecule has 2 aromatic heterocycles. The summed E-state index contributed by atoms with van der Waals surface area (Å²) in [7, 11) is 0. The summed E-state index contributed by atoms with van der Waals surface area (Å²) in [5.41, 5.74) is 8.64. The Kier molecular flexibility index (Phi) is 4.89. The van der Waals surface area contributed by atoms with Crippen LogP contribution in [0.3, 0.4) is 0 Å². The highest BCUT2D eigenvalue weighted by atomic mass is 32.2. The summed E-state index contributed by atoms with van der Waals surface area (Å²) in [5, 5.41) is 1.01. The van der Waals surface area contributed by atoms with Crippen molar-refractivity contribution in [2.75, 3.05) is 12.3 Å². The van der Waals surface area contributed by atoms with Crippen molar-refractivity contribution in [2.24, 2.45) is 0 Å². The first-order valence-electron chi connectivity index (χ1n) is 6.63. The molecule has 0 aliphatic heterocycles. The number of hydrogen-bond donors (Lipinski definition) is 1. The minimum atomic E-state index is 0.124. The van der Waals surface area contributed by atoms with E-state index >= 15 is 0 Å². The topological polar surface area (TPSA) is 99.7 Å². The highest BCUT2D eigenvalue weighted by Crippen LogP contribution is 2.24. The number of nitrogens with zero attached hydrogens (tertiary/aromatic N) is 5. The molecule has 0 saturated heterocycles. The van der Waals surface area contributed by atoms with Gasteiger partial charge < -0.3 is 10.5 Å². The standard InChI is InChI=1S/C13H18N6OS/c1-5-6-20-11-17-10(14)18-13(19-11)21-12-15-8(3)7(2)9(4)16-12/h5-6H2,1-4H3,(H2,14,17,18,19). The predicted octanol–water partition coefficient (Wildman–Crippen LogP) is 2.11. The molecule has 0 radical (unpaired) electrons. The molecule has 2 heterocycles. The first kappa shape index (κ1) is 15.4. The van der Waals surface area contributed by atoms with Gasteiger partial charge in [0.15, 0.2) is 5.16 Å². The summed E-state index contributed by atoms with van der Waals surface area (Å²) >= 11 is 1.24. The smallest absolute Gasteiger partial charge is 0.322 e. The van der Waals surface area contributed by atoms with Gasteiger partial charge in [0.05, 0.1) is 6.61 Å². The molecule has 0 fully saturated rings. The molecule has 21 heavy (non-hydrogen) atoms. The van der Waals surface area contributed by atoms with Crippen LogP contribution in [0.1, 0.15) is 30.3 Å². The second-order valence-corrected chi connectivity index (χ2v) is 5.45. The van der Waals surface area contributed by atoms with Crippen LogP contribution in [0.25, 0.3) is 0 Å². The van der Waals surface area contributed by atoms with E-state index in [4.69, 9.17) is 10.5 Å². The average Bonchev–Trinajstić information content (AvgIpc) is 2.42. The van der Waals surface area contributed by atoms with Gasteiger partial charge in [0.1, 0.15) is 0 Å². The lowest BCUT2D eigenvalue weighted by Crippen LogP contribution is -2.06. The van der Waals surface area contributed by atoms with E-state index in [1.807, 2.05) is 27.7 Å². The summed E-state index contributed by atoms with van der Waals surface area (Å²) in [6.07, 6.45) is 0.869. The molecule has 2 aromatic rings. The van der Waals surface area contributed by atoms with Crippen LogP contribution in [-0.4, -0.2) is 31.5 Å². The zero-order valence-electron chi connectivity index (χ0n) is 12.5.